The molecule has 0 aromatic heterocycles. The summed E-state index contributed by atoms with van der Waals surface area (Å²) >= 11 is 0. The largest absolute Gasteiger partial charge is 0.311 e. The summed E-state index contributed by atoms with van der Waals surface area (Å²) in [6, 6.07) is 9.99. The zero-order valence-corrected chi connectivity index (χ0v) is 12.1. The lowest BCUT2D eigenvalue weighted by Gasteiger charge is -2.40. The topological polar surface area (TPSA) is 15.3 Å². The van der Waals surface area contributed by atoms with Crippen molar-refractivity contribution in [2.24, 2.45) is 5.92 Å². The molecular formula is C16H26N2. The molecule has 1 aromatic carbocycles. The molecule has 2 nitrogen and oxygen atoms in total. The van der Waals surface area contributed by atoms with E-state index in [4.69, 9.17) is 0 Å². The Morgan fingerprint density at radius 3 is 2.72 bits per heavy atom. The minimum atomic E-state index is 0.625. The average Bonchev–Trinajstić information content (AvgIpc) is 2.34. The molecule has 2 rings (SSSR count). The number of nitrogens with zero attached hydrogens (tertiary/aromatic N) is 1. The van der Waals surface area contributed by atoms with Gasteiger partial charge in [0.2, 0.25) is 0 Å². The maximum absolute atomic E-state index is 3.66. The van der Waals surface area contributed by atoms with E-state index in [1.165, 1.54) is 11.1 Å². The van der Waals surface area contributed by atoms with Crippen LogP contribution in [0, 0.1) is 12.8 Å². The first kappa shape index (κ1) is 13.6. The van der Waals surface area contributed by atoms with Crippen LogP contribution in [0.15, 0.2) is 24.3 Å². The van der Waals surface area contributed by atoms with E-state index in [2.05, 4.69) is 62.2 Å². The average molecular weight is 246 g/mol. The molecule has 0 radical (unpaired) electrons. The first-order valence-corrected chi connectivity index (χ1v) is 7.10. The first-order chi connectivity index (χ1) is 8.58. The van der Waals surface area contributed by atoms with Crippen molar-refractivity contribution >= 4 is 0 Å². The highest BCUT2D eigenvalue weighted by Gasteiger charge is 2.26. The van der Waals surface area contributed by atoms with Gasteiger partial charge in [0.25, 0.3) is 0 Å². The number of aryl methyl sites for hydroxylation is 1. The number of piperazine rings is 1. The van der Waals surface area contributed by atoms with Crippen LogP contribution in [-0.4, -0.2) is 30.1 Å². The molecule has 0 aliphatic carbocycles. The van der Waals surface area contributed by atoms with E-state index in [9.17, 15) is 0 Å². The lowest BCUT2D eigenvalue weighted by Crippen LogP contribution is -2.56. The molecule has 2 atom stereocenters. The van der Waals surface area contributed by atoms with E-state index in [1.807, 2.05) is 0 Å². The summed E-state index contributed by atoms with van der Waals surface area (Å²) in [5, 5.41) is 3.66. The molecule has 2 unspecified atom stereocenters. The minimum Gasteiger partial charge on any atom is -0.311 e. The van der Waals surface area contributed by atoms with Crippen molar-refractivity contribution < 1.29 is 0 Å². The third kappa shape index (κ3) is 3.12. The molecule has 1 aromatic rings. The maximum Gasteiger partial charge on any atom is 0.0240 e. The third-order valence-corrected chi connectivity index (χ3v) is 4.17. The normalized spacial score (nSPS) is 25.6. The van der Waals surface area contributed by atoms with Crippen LogP contribution < -0.4 is 5.32 Å². The number of rotatable bonds is 3. The lowest BCUT2D eigenvalue weighted by molar-refractivity contribution is 0.116. The van der Waals surface area contributed by atoms with Crippen molar-refractivity contribution in [3.63, 3.8) is 0 Å². The molecule has 100 valence electrons. The predicted molar refractivity (Wildman–Crippen MR) is 77.7 cm³/mol. The Morgan fingerprint density at radius 1 is 1.33 bits per heavy atom. The van der Waals surface area contributed by atoms with E-state index in [0.717, 1.165) is 19.6 Å². The molecule has 1 aliphatic heterocycles. The van der Waals surface area contributed by atoms with Gasteiger partial charge in [-0.2, -0.15) is 0 Å². The highest BCUT2D eigenvalue weighted by molar-refractivity contribution is 5.25. The molecule has 0 saturated carbocycles. The van der Waals surface area contributed by atoms with Gasteiger partial charge in [0, 0.05) is 31.7 Å². The Balaban J connectivity index is 2.05. The van der Waals surface area contributed by atoms with E-state index in [-0.39, 0.29) is 0 Å². The third-order valence-electron chi connectivity index (χ3n) is 4.17. The van der Waals surface area contributed by atoms with Crippen molar-refractivity contribution in [1.82, 2.24) is 10.2 Å². The summed E-state index contributed by atoms with van der Waals surface area (Å²) in [5.41, 5.74) is 2.87. The highest BCUT2D eigenvalue weighted by Crippen LogP contribution is 2.17. The van der Waals surface area contributed by atoms with Crippen LogP contribution in [0.4, 0.5) is 0 Å². The summed E-state index contributed by atoms with van der Waals surface area (Å²) in [7, 11) is 0. The molecule has 1 saturated heterocycles. The second-order valence-electron chi connectivity index (χ2n) is 5.96. The van der Waals surface area contributed by atoms with Gasteiger partial charge in [-0.25, -0.2) is 0 Å². The van der Waals surface area contributed by atoms with Gasteiger partial charge in [-0.15, -0.1) is 0 Å². The number of hydrogen-bond acceptors (Lipinski definition) is 2. The molecule has 1 heterocycles. The fraction of sp³-hybridized carbons (Fsp3) is 0.625. The predicted octanol–water partition coefficient (Wildman–Crippen LogP) is 2.81. The SMILES string of the molecule is Cc1ccccc1CN1CC(C(C)C)NCC1C. The van der Waals surface area contributed by atoms with E-state index in [1.54, 1.807) is 0 Å². The van der Waals surface area contributed by atoms with Gasteiger partial charge in [-0.3, -0.25) is 4.90 Å². The number of nitrogens with one attached hydrogen (secondary N) is 1. The highest BCUT2D eigenvalue weighted by atomic mass is 15.2. The molecular weight excluding hydrogens is 220 g/mol. The van der Waals surface area contributed by atoms with Crippen LogP contribution in [0.2, 0.25) is 0 Å². The van der Waals surface area contributed by atoms with Crippen LogP contribution in [-0.2, 0) is 6.54 Å². The van der Waals surface area contributed by atoms with Crippen LogP contribution in [0.1, 0.15) is 31.9 Å². The summed E-state index contributed by atoms with van der Waals surface area (Å²) in [5.74, 6) is 0.705. The Morgan fingerprint density at radius 2 is 2.06 bits per heavy atom. The van der Waals surface area contributed by atoms with Gasteiger partial charge in [0.15, 0.2) is 0 Å². The zero-order chi connectivity index (χ0) is 13.1. The Kier molecular flexibility index (Phi) is 4.41. The summed E-state index contributed by atoms with van der Waals surface area (Å²) < 4.78 is 0. The monoisotopic (exact) mass is 246 g/mol. The zero-order valence-electron chi connectivity index (χ0n) is 12.1. The van der Waals surface area contributed by atoms with Crippen molar-refractivity contribution in [2.75, 3.05) is 13.1 Å². The lowest BCUT2D eigenvalue weighted by atomic mass is 9.98. The summed E-state index contributed by atoms with van der Waals surface area (Å²) in [6.07, 6.45) is 0. The fourth-order valence-corrected chi connectivity index (χ4v) is 2.62. The van der Waals surface area contributed by atoms with E-state index in [0.29, 0.717) is 18.0 Å². The Labute approximate surface area is 111 Å². The smallest absolute Gasteiger partial charge is 0.0240 e. The van der Waals surface area contributed by atoms with Crippen molar-refractivity contribution in [1.29, 1.82) is 0 Å². The van der Waals surface area contributed by atoms with Crippen molar-refractivity contribution in [3.8, 4) is 0 Å². The van der Waals surface area contributed by atoms with Crippen LogP contribution in [0.5, 0.6) is 0 Å². The quantitative estimate of drug-likeness (QED) is 0.882. The van der Waals surface area contributed by atoms with Gasteiger partial charge in [0.05, 0.1) is 0 Å². The summed E-state index contributed by atoms with van der Waals surface area (Å²) in [4.78, 5) is 2.61. The second kappa shape index (κ2) is 5.85. The molecule has 1 aliphatic rings. The summed E-state index contributed by atoms with van der Waals surface area (Å²) in [6.45, 7) is 12.5. The Bertz CT molecular complexity index is 386. The second-order valence-corrected chi connectivity index (χ2v) is 5.96. The molecule has 2 heteroatoms. The maximum atomic E-state index is 3.66. The van der Waals surface area contributed by atoms with Crippen LogP contribution >= 0.6 is 0 Å². The van der Waals surface area contributed by atoms with Gasteiger partial charge in [0.1, 0.15) is 0 Å². The van der Waals surface area contributed by atoms with Crippen LogP contribution in [0.3, 0.4) is 0 Å². The van der Waals surface area contributed by atoms with E-state index < -0.39 is 0 Å². The van der Waals surface area contributed by atoms with E-state index >= 15 is 0 Å². The molecule has 0 spiro atoms. The van der Waals surface area contributed by atoms with Gasteiger partial charge in [-0.1, -0.05) is 38.1 Å². The molecule has 18 heavy (non-hydrogen) atoms. The molecule has 0 bridgehead atoms. The van der Waals surface area contributed by atoms with Crippen LogP contribution in [0.25, 0.3) is 0 Å². The van der Waals surface area contributed by atoms with Gasteiger partial charge in [-0.05, 0) is 30.9 Å². The number of hydrogen-bond donors (Lipinski definition) is 1. The minimum absolute atomic E-state index is 0.625. The van der Waals surface area contributed by atoms with Gasteiger partial charge < -0.3 is 5.32 Å². The standard InChI is InChI=1S/C16H26N2/c1-12(2)16-11-18(14(4)9-17-16)10-15-8-6-5-7-13(15)3/h5-8,12,14,16-17H,9-11H2,1-4H3. The first-order valence-electron chi connectivity index (χ1n) is 7.10. The fourth-order valence-electron chi connectivity index (χ4n) is 2.62. The molecule has 1 fully saturated rings. The van der Waals surface area contributed by atoms with Gasteiger partial charge >= 0.3 is 0 Å². The Hall–Kier alpha value is -0.860. The molecule has 0 amide bonds. The molecule has 1 N–H and O–H groups in total. The number of benzene rings is 1. The van der Waals surface area contributed by atoms with Crippen molar-refractivity contribution in [2.45, 2.75) is 46.3 Å². The van der Waals surface area contributed by atoms with Crippen molar-refractivity contribution in [3.05, 3.63) is 35.4 Å².